The number of methoxy groups -OCH3 is 1. The third-order valence-corrected chi connectivity index (χ3v) is 5.82. The number of para-hydroxylation sites is 1. The minimum Gasteiger partial charge on any atom is -0.475 e. The van der Waals surface area contributed by atoms with Crippen LogP contribution in [-0.4, -0.2) is 61.4 Å². The van der Waals surface area contributed by atoms with Crippen molar-refractivity contribution >= 4 is 17.6 Å². The van der Waals surface area contributed by atoms with Crippen LogP contribution in [0.15, 0.2) is 47.3 Å². The zero-order chi connectivity index (χ0) is 23.4. The van der Waals surface area contributed by atoms with Crippen LogP contribution in [0.2, 0.25) is 0 Å². The Morgan fingerprint density at radius 3 is 2.44 bits per heavy atom. The molecule has 3 heterocycles. The van der Waals surface area contributed by atoms with E-state index in [0.717, 1.165) is 38.2 Å². The van der Waals surface area contributed by atoms with Crippen LogP contribution < -0.4 is 4.90 Å². The molecule has 0 aliphatic carbocycles. The monoisotopic (exact) mass is 454 g/mol. The Hall–Kier alpha value is -2.85. The zero-order valence-corrected chi connectivity index (χ0v) is 17.6. The van der Waals surface area contributed by atoms with Crippen LogP contribution in [-0.2, 0) is 26.3 Å². The first-order valence-electron chi connectivity index (χ1n) is 10.1. The Kier molecular flexibility index (Phi) is 7.25. The molecule has 2 aliphatic rings. The summed E-state index contributed by atoms with van der Waals surface area (Å²) in [5.74, 6) is -2.51. The molecule has 0 bridgehead atoms. The molecule has 2 aromatic rings. The highest BCUT2D eigenvalue weighted by atomic mass is 19.4. The summed E-state index contributed by atoms with van der Waals surface area (Å²) in [6, 6.07) is 10.3. The van der Waals surface area contributed by atoms with Gasteiger partial charge in [0.1, 0.15) is 0 Å². The Bertz CT molecular complexity index is 922. The number of carboxylic acids is 1. The van der Waals surface area contributed by atoms with E-state index in [1.54, 1.807) is 19.6 Å². The second-order valence-corrected chi connectivity index (χ2v) is 7.76. The second-order valence-electron chi connectivity index (χ2n) is 7.76. The number of aliphatic carboxylic acids is 1. The number of halogens is 3. The van der Waals surface area contributed by atoms with Crippen molar-refractivity contribution in [1.29, 1.82) is 0 Å². The van der Waals surface area contributed by atoms with Crippen LogP contribution in [0, 0.1) is 0 Å². The van der Waals surface area contributed by atoms with Gasteiger partial charge in [-0.2, -0.15) is 13.2 Å². The van der Waals surface area contributed by atoms with Crippen molar-refractivity contribution in [3.05, 3.63) is 54.0 Å². The molecule has 32 heavy (non-hydrogen) atoms. The first kappa shape index (κ1) is 23.8. The molecule has 10 heteroatoms. The van der Waals surface area contributed by atoms with Gasteiger partial charge in [0.15, 0.2) is 0 Å². The van der Waals surface area contributed by atoms with E-state index in [1.807, 2.05) is 23.1 Å². The van der Waals surface area contributed by atoms with Gasteiger partial charge in [-0.3, -0.25) is 9.69 Å². The number of amides is 1. The lowest BCUT2D eigenvalue weighted by Crippen LogP contribution is -2.48. The highest BCUT2D eigenvalue weighted by molar-refractivity contribution is 6.08. The maximum Gasteiger partial charge on any atom is 0.490 e. The van der Waals surface area contributed by atoms with Crippen molar-refractivity contribution in [2.24, 2.45) is 0 Å². The number of rotatable bonds is 5. The summed E-state index contributed by atoms with van der Waals surface area (Å²) < 4.78 is 42.1. The molecule has 1 saturated heterocycles. The number of carboxylic acid groups (broad SMARTS) is 1. The number of carbonyl (C=O) groups excluding carboxylic acids is 1. The molecular formula is C22H25F3N2O5. The molecule has 1 fully saturated rings. The maximum absolute atomic E-state index is 13.3. The Labute approximate surface area is 183 Å². The van der Waals surface area contributed by atoms with Gasteiger partial charge in [-0.25, -0.2) is 4.79 Å². The van der Waals surface area contributed by atoms with E-state index in [9.17, 15) is 18.0 Å². The molecular weight excluding hydrogens is 429 g/mol. The minimum atomic E-state index is -5.08. The number of anilines is 1. The number of alkyl halides is 3. The Balaban J connectivity index is 0.000000360. The van der Waals surface area contributed by atoms with E-state index in [4.69, 9.17) is 19.1 Å². The summed E-state index contributed by atoms with van der Waals surface area (Å²) in [4.78, 5) is 26.5. The van der Waals surface area contributed by atoms with Crippen LogP contribution in [0.3, 0.4) is 0 Å². The van der Waals surface area contributed by atoms with Crippen molar-refractivity contribution in [1.82, 2.24) is 4.90 Å². The number of hydrogen-bond donors (Lipinski definition) is 1. The lowest BCUT2D eigenvalue weighted by Gasteiger charge is -2.38. The summed E-state index contributed by atoms with van der Waals surface area (Å²) in [7, 11) is 1.68. The normalized spacial score (nSPS) is 17.8. The Morgan fingerprint density at radius 1 is 1.22 bits per heavy atom. The summed E-state index contributed by atoms with van der Waals surface area (Å²) >= 11 is 0. The van der Waals surface area contributed by atoms with Gasteiger partial charge in [-0.05, 0) is 43.6 Å². The van der Waals surface area contributed by atoms with Gasteiger partial charge in [0.2, 0.25) is 5.91 Å². The number of furan rings is 1. The van der Waals surface area contributed by atoms with Crippen molar-refractivity contribution in [2.75, 3.05) is 38.3 Å². The third-order valence-electron chi connectivity index (χ3n) is 5.82. The van der Waals surface area contributed by atoms with E-state index in [-0.39, 0.29) is 11.3 Å². The molecule has 0 atom stereocenters. The lowest BCUT2D eigenvalue weighted by molar-refractivity contribution is -0.192. The largest absolute Gasteiger partial charge is 0.490 e. The number of nitrogens with zero attached hydrogens (tertiary/aromatic N) is 2. The fourth-order valence-electron chi connectivity index (χ4n) is 4.22. The quantitative estimate of drug-likeness (QED) is 0.745. The van der Waals surface area contributed by atoms with Crippen molar-refractivity contribution < 1.29 is 37.0 Å². The molecule has 2 aliphatic heterocycles. The van der Waals surface area contributed by atoms with Gasteiger partial charge >= 0.3 is 12.1 Å². The van der Waals surface area contributed by atoms with Gasteiger partial charge in [0, 0.05) is 31.5 Å². The Morgan fingerprint density at radius 2 is 1.88 bits per heavy atom. The number of carbonyl (C=O) groups is 2. The van der Waals surface area contributed by atoms with Crippen LogP contribution >= 0.6 is 0 Å². The number of ether oxygens (including phenoxy) is 1. The summed E-state index contributed by atoms with van der Waals surface area (Å²) in [6.45, 7) is 3.90. The van der Waals surface area contributed by atoms with E-state index in [0.29, 0.717) is 13.2 Å². The van der Waals surface area contributed by atoms with Crippen molar-refractivity contribution in [2.45, 2.75) is 31.0 Å². The minimum absolute atomic E-state index is 0.244. The number of piperidine rings is 1. The number of fused-ring (bicyclic) bond motifs is 2. The lowest BCUT2D eigenvalue weighted by atomic mass is 9.73. The molecule has 0 radical (unpaired) electrons. The molecule has 1 amide bonds. The van der Waals surface area contributed by atoms with Gasteiger partial charge in [-0.1, -0.05) is 18.2 Å². The highest BCUT2D eigenvalue weighted by Crippen LogP contribution is 2.47. The van der Waals surface area contributed by atoms with Crippen LogP contribution in [0.25, 0.3) is 0 Å². The van der Waals surface area contributed by atoms with Gasteiger partial charge in [0.05, 0.1) is 24.5 Å². The fourth-order valence-corrected chi connectivity index (χ4v) is 4.22. The number of hydrogen-bond acceptors (Lipinski definition) is 5. The van der Waals surface area contributed by atoms with Crippen molar-refractivity contribution in [3.63, 3.8) is 0 Å². The molecule has 1 aromatic heterocycles. The van der Waals surface area contributed by atoms with Gasteiger partial charge in [0.25, 0.3) is 0 Å². The molecule has 0 saturated carbocycles. The zero-order valence-electron chi connectivity index (χ0n) is 17.6. The maximum atomic E-state index is 13.3. The third kappa shape index (κ3) is 4.97. The number of likely N-dealkylation sites (tertiary alicyclic amines) is 1. The second kappa shape index (κ2) is 9.74. The van der Waals surface area contributed by atoms with Crippen molar-refractivity contribution in [3.8, 4) is 0 Å². The predicted molar refractivity (Wildman–Crippen MR) is 109 cm³/mol. The summed E-state index contributed by atoms with van der Waals surface area (Å²) in [5.41, 5.74) is 3.08. The molecule has 0 unspecified atom stereocenters. The summed E-state index contributed by atoms with van der Waals surface area (Å²) in [5, 5.41) is 7.12. The van der Waals surface area contributed by atoms with E-state index in [2.05, 4.69) is 17.0 Å². The van der Waals surface area contributed by atoms with Gasteiger partial charge in [-0.15, -0.1) is 0 Å². The highest BCUT2D eigenvalue weighted by Gasteiger charge is 2.51. The van der Waals surface area contributed by atoms with Crippen LogP contribution in [0.5, 0.6) is 0 Å². The smallest absolute Gasteiger partial charge is 0.475 e. The molecule has 7 nitrogen and oxygen atoms in total. The first-order valence-corrected chi connectivity index (χ1v) is 10.1. The molecule has 174 valence electrons. The average Bonchev–Trinajstić information content (AvgIpc) is 3.34. The van der Waals surface area contributed by atoms with Crippen LogP contribution in [0.4, 0.5) is 18.9 Å². The molecule has 4 rings (SSSR count). The van der Waals surface area contributed by atoms with E-state index >= 15 is 0 Å². The SMILES string of the molecule is COCCN1C(=O)C2(CCN(Cc3ccoc3)CC2)c2ccccc21.O=C(O)C(F)(F)F. The van der Waals surface area contributed by atoms with Crippen LogP contribution in [0.1, 0.15) is 24.0 Å². The van der Waals surface area contributed by atoms with E-state index in [1.165, 1.54) is 11.1 Å². The molecule has 1 spiro atoms. The first-order chi connectivity index (χ1) is 15.2. The predicted octanol–water partition coefficient (Wildman–Crippen LogP) is 3.44. The van der Waals surface area contributed by atoms with E-state index < -0.39 is 12.1 Å². The topological polar surface area (TPSA) is 83.2 Å². The number of benzene rings is 1. The summed E-state index contributed by atoms with van der Waals surface area (Å²) in [6.07, 6.45) is 0.159. The fraction of sp³-hybridized carbons (Fsp3) is 0.455. The van der Waals surface area contributed by atoms with Gasteiger partial charge < -0.3 is 19.2 Å². The standard InChI is InChI=1S/C20H24N2O3.C2HF3O2/c1-24-13-11-22-18-5-3-2-4-17(18)20(19(22)23)7-9-21(10-8-20)14-16-6-12-25-15-16;3-2(4,5)1(6)7/h2-6,12,15H,7-11,13-14H2,1H3;(H,6,7). The molecule has 1 N–H and O–H groups in total. The molecule has 1 aromatic carbocycles. The average molecular weight is 454 g/mol.